The molecule has 19 heavy (non-hydrogen) atoms. The first kappa shape index (κ1) is 15.4. The highest BCUT2D eigenvalue weighted by Crippen LogP contribution is 2.21. The molecule has 3 N–H and O–H groups in total. The van der Waals surface area contributed by atoms with Crippen molar-refractivity contribution in [3.05, 3.63) is 23.8 Å². The number of carbonyl (C=O) groups is 1. The topological polar surface area (TPSA) is 113 Å². The summed E-state index contributed by atoms with van der Waals surface area (Å²) in [6.07, 6.45) is 0. The number of sulfonamides is 1. The van der Waals surface area contributed by atoms with Gasteiger partial charge in [-0.2, -0.15) is 0 Å². The van der Waals surface area contributed by atoms with Crippen molar-refractivity contribution in [2.45, 2.75) is 17.9 Å². The Morgan fingerprint density at radius 1 is 1.47 bits per heavy atom. The Bertz CT molecular complexity index is 569. The molecule has 0 radical (unpaired) electrons. The fraction of sp³-hybridized carbons (Fsp3) is 0.364. The van der Waals surface area contributed by atoms with Crippen LogP contribution >= 0.6 is 0 Å². The summed E-state index contributed by atoms with van der Waals surface area (Å²) in [4.78, 5) is 10.6. The molecule has 1 atom stereocenters. The fourth-order valence-corrected chi connectivity index (χ4v) is 2.72. The SMILES string of the molecule is COCC(C)NS(=O)(=O)c1ccc(O)c(C(=O)O)c1. The van der Waals surface area contributed by atoms with E-state index in [2.05, 4.69) is 4.72 Å². The van der Waals surface area contributed by atoms with Crippen LogP contribution in [0.3, 0.4) is 0 Å². The van der Waals surface area contributed by atoms with Crippen molar-refractivity contribution in [2.24, 2.45) is 0 Å². The maximum atomic E-state index is 12.0. The van der Waals surface area contributed by atoms with Crippen molar-refractivity contribution < 1.29 is 28.2 Å². The number of hydrogen-bond acceptors (Lipinski definition) is 5. The third-order valence-electron chi connectivity index (χ3n) is 2.28. The number of carboxylic acid groups (broad SMARTS) is 1. The van der Waals surface area contributed by atoms with Gasteiger partial charge in [-0.15, -0.1) is 0 Å². The van der Waals surface area contributed by atoms with Crippen LogP contribution in [0.4, 0.5) is 0 Å². The quantitative estimate of drug-likeness (QED) is 0.699. The predicted octanol–water partition coefficient (Wildman–Crippen LogP) is 0.404. The van der Waals surface area contributed by atoms with Gasteiger partial charge in [0.25, 0.3) is 0 Å². The number of phenols is 1. The summed E-state index contributed by atoms with van der Waals surface area (Å²) in [6.45, 7) is 1.79. The standard InChI is InChI=1S/C11H15NO6S/c1-7(6-18-2)12-19(16,17)8-3-4-10(13)9(5-8)11(14)15/h3-5,7,12-13H,6H2,1-2H3,(H,14,15). The normalized spacial score (nSPS) is 13.2. The number of methoxy groups -OCH3 is 1. The highest BCUT2D eigenvalue weighted by Gasteiger charge is 2.20. The predicted molar refractivity (Wildman–Crippen MR) is 66.7 cm³/mol. The van der Waals surface area contributed by atoms with E-state index in [4.69, 9.17) is 9.84 Å². The molecular weight excluding hydrogens is 274 g/mol. The highest BCUT2D eigenvalue weighted by atomic mass is 32.2. The van der Waals surface area contributed by atoms with E-state index >= 15 is 0 Å². The van der Waals surface area contributed by atoms with Crippen LogP contribution in [-0.2, 0) is 14.8 Å². The van der Waals surface area contributed by atoms with Crippen LogP contribution < -0.4 is 4.72 Å². The molecule has 0 fully saturated rings. The smallest absolute Gasteiger partial charge is 0.339 e. The van der Waals surface area contributed by atoms with Crippen molar-refractivity contribution in [1.29, 1.82) is 0 Å². The second-order valence-electron chi connectivity index (χ2n) is 3.96. The molecule has 0 bridgehead atoms. The second kappa shape index (κ2) is 6.00. The van der Waals surface area contributed by atoms with Gasteiger partial charge < -0.3 is 14.9 Å². The van der Waals surface area contributed by atoms with Gasteiger partial charge in [0.2, 0.25) is 10.0 Å². The number of aromatic carboxylic acids is 1. The molecule has 0 aliphatic carbocycles. The van der Waals surface area contributed by atoms with Crippen molar-refractivity contribution in [2.75, 3.05) is 13.7 Å². The molecule has 106 valence electrons. The van der Waals surface area contributed by atoms with E-state index in [1.807, 2.05) is 0 Å². The minimum Gasteiger partial charge on any atom is -0.507 e. The highest BCUT2D eigenvalue weighted by molar-refractivity contribution is 7.89. The molecule has 8 heteroatoms. The molecular formula is C11H15NO6S. The lowest BCUT2D eigenvalue weighted by molar-refractivity contribution is 0.0693. The number of aromatic hydroxyl groups is 1. The number of benzene rings is 1. The van der Waals surface area contributed by atoms with Crippen molar-refractivity contribution in [1.82, 2.24) is 4.72 Å². The van der Waals surface area contributed by atoms with E-state index in [-0.39, 0.29) is 11.5 Å². The molecule has 0 spiro atoms. The molecule has 0 saturated heterocycles. The first-order valence-electron chi connectivity index (χ1n) is 5.35. The van der Waals surface area contributed by atoms with Crippen LogP contribution in [0, 0.1) is 0 Å². The number of ether oxygens (including phenoxy) is 1. The molecule has 1 aromatic rings. The van der Waals surface area contributed by atoms with Crippen LogP contribution in [0.25, 0.3) is 0 Å². The Hall–Kier alpha value is -1.64. The Balaban J connectivity index is 3.08. The largest absolute Gasteiger partial charge is 0.507 e. The maximum Gasteiger partial charge on any atom is 0.339 e. The van der Waals surface area contributed by atoms with Crippen molar-refractivity contribution in [3.63, 3.8) is 0 Å². The summed E-state index contributed by atoms with van der Waals surface area (Å²) in [7, 11) is -2.42. The van der Waals surface area contributed by atoms with Gasteiger partial charge >= 0.3 is 5.97 Å². The summed E-state index contributed by atoms with van der Waals surface area (Å²) >= 11 is 0. The van der Waals surface area contributed by atoms with Gasteiger partial charge in [0.15, 0.2) is 0 Å². The molecule has 0 heterocycles. The summed E-state index contributed by atoms with van der Waals surface area (Å²) in [5, 5.41) is 18.1. The van der Waals surface area contributed by atoms with Crippen molar-refractivity contribution >= 4 is 16.0 Å². The average Bonchev–Trinajstić information content (AvgIpc) is 2.28. The number of carboxylic acids is 1. The zero-order chi connectivity index (χ0) is 14.6. The van der Waals surface area contributed by atoms with Gasteiger partial charge in [-0.25, -0.2) is 17.9 Å². The number of hydrogen-bond donors (Lipinski definition) is 3. The van der Waals surface area contributed by atoms with E-state index < -0.39 is 33.3 Å². The van der Waals surface area contributed by atoms with Gasteiger partial charge in [-0.3, -0.25) is 0 Å². The molecule has 1 rings (SSSR count). The molecule has 0 aliphatic rings. The van der Waals surface area contributed by atoms with Gasteiger partial charge in [0.05, 0.1) is 11.5 Å². The minimum atomic E-state index is -3.86. The zero-order valence-electron chi connectivity index (χ0n) is 10.5. The van der Waals surface area contributed by atoms with E-state index in [0.717, 1.165) is 18.2 Å². The lowest BCUT2D eigenvalue weighted by Crippen LogP contribution is -2.35. The van der Waals surface area contributed by atoms with Gasteiger partial charge in [0, 0.05) is 13.2 Å². The summed E-state index contributed by atoms with van der Waals surface area (Å²) in [5.41, 5.74) is -0.470. The first-order chi connectivity index (χ1) is 8.77. The summed E-state index contributed by atoms with van der Waals surface area (Å²) in [6, 6.07) is 2.60. The van der Waals surface area contributed by atoms with Gasteiger partial charge in [0.1, 0.15) is 11.3 Å². The van der Waals surface area contributed by atoms with Crippen LogP contribution in [0.2, 0.25) is 0 Å². The van der Waals surface area contributed by atoms with E-state index in [1.165, 1.54) is 7.11 Å². The Kier molecular flexibility index (Phi) is 4.87. The second-order valence-corrected chi connectivity index (χ2v) is 5.68. The zero-order valence-corrected chi connectivity index (χ0v) is 11.3. The molecule has 0 aliphatic heterocycles. The minimum absolute atomic E-state index is 0.184. The lowest BCUT2D eigenvalue weighted by Gasteiger charge is -2.13. The van der Waals surface area contributed by atoms with E-state index in [1.54, 1.807) is 6.92 Å². The third kappa shape index (κ3) is 3.91. The molecule has 0 saturated carbocycles. The van der Waals surface area contributed by atoms with Crippen LogP contribution in [0.15, 0.2) is 23.1 Å². The summed E-state index contributed by atoms with van der Waals surface area (Å²) in [5.74, 6) is -1.89. The molecule has 7 nitrogen and oxygen atoms in total. The molecule has 1 unspecified atom stereocenters. The van der Waals surface area contributed by atoms with Crippen molar-refractivity contribution in [3.8, 4) is 5.75 Å². The van der Waals surface area contributed by atoms with Crippen LogP contribution in [-0.4, -0.2) is 44.4 Å². The van der Waals surface area contributed by atoms with Gasteiger partial charge in [-0.05, 0) is 25.1 Å². The molecule has 0 aromatic heterocycles. The molecule has 1 aromatic carbocycles. The molecule has 0 amide bonds. The monoisotopic (exact) mass is 289 g/mol. The lowest BCUT2D eigenvalue weighted by atomic mass is 10.2. The summed E-state index contributed by atoms with van der Waals surface area (Å²) < 4.78 is 31.1. The van der Waals surface area contributed by atoms with Crippen LogP contribution in [0.5, 0.6) is 5.75 Å². The van der Waals surface area contributed by atoms with E-state index in [0.29, 0.717) is 0 Å². The van der Waals surface area contributed by atoms with Gasteiger partial charge in [-0.1, -0.05) is 0 Å². The van der Waals surface area contributed by atoms with E-state index in [9.17, 15) is 18.3 Å². The third-order valence-corrected chi connectivity index (χ3v) is 3.87. The average molecular weight is 289 g/mol. The number of rotatable bonds is 6. The Morgan fingerprint density at radius 2 is 2.11 bits per heavy atom. The maximum absolute atomic E-state index is 12.0. The number of nitrogens with one attached hydrogen (secondary N) is 1. The fourth-order valence-electron chi connectivity index (χ4n) is 1.47. The van der Waals surface area contributed by atoms with Crippen LogP contribution in [0.1, 0.15) is 17.3 Å². The first-order valence-corrected chi connectivity index (χ1v) is 6.84. The Morgan fingerprint density at radius 3 is 2.63 bits per heavy atom. The Labute approximate surface area is 110 Å².